The molecular weight excluding hydrogens is 330 g/mol. The molecule has 0 amide bonds. The average Bonchev–Trinajstić information content (AvgIpc) is 2.43. The number of sulfonamides is 1. The van der Waals surface area contributed by atoms with Gasteiger partial charge in [0.25, 0.3) is 0 Å². The van der Waals surface area contributed by atoms with Crippen LogP contribution in [0.15, 0.2) is 58.3 Å². The van der Waals surface area contributed by atoms with Gasteiger partial charge in [-0.3, -0.25) is 0 Å². The van der Waals surface area contributed by atoms with Gasteiger partial charge < -0.3 is 4.74 Å². The SMILES string of the molecule is NS(=O)(=O)c1ccc(OCCSc2cccc(Cl)c2)cc1. The summed E-state index contributed by atoms with van der Waals surface area (Å²) in [5.74, 6) is 1.37. The monoisotopic (exact) mass is 343 g/mol. The molecule has 2 aromatic rings. The standard InChI is InChI=1S/C14H14ClNO3S2/c15-11-2-1-3-13(10-11)20-9-8-19-12-4-6-14(7-5-12)21(16,17)18/h1-7,10H,8-9H2,(H2,16,17,18). The van der Waals surface area contributed by atoms with Gasteiger partial charge in [-0.25, -0.2) is 13.6 Å². The van der Waals surface area contributed by atoms with Crippen LogP contribution in [0, 0.1) is 0 Å². The number of benzene rings is 2. The Morgan fingerprint density at radius 2 is 1.86 bits per heavy atom. The number of hydrogen-bond acceptors (Lipinski definition) is 4. The topological polar surface area (TPSA) is 69.4 Å². The Bertz CT molecular complexity index is 702. The molecule has 0 aliphatic carbocycles. The van der Waals surface area contributed by atoms with Gasteiger partial charge in [0.1, 0.15) is 5.75 Å². The van der Waals surface area contributed by atoms with E-state index in [1.807, 2.05) is 24.3 Å². The molecule has 0 aromatic heterocycles. The molecule has 0 bridgehead atoms. The van der Waals surface area contributed by atoms with Crippen molar-refractivity contribution in [1.29, 1.82) is 0 Å². The Morgan fingerprint density at radius 1 is 1.14 bits per heavy atom. The van der Waals surface area contributed by atoms with E-state index in [2.05, 4.69) is 0 Å². The smallest absolute Gasteiger partial charge is 0.238 e. The third-order valence-corrected chi connectivity index (χ3v) is 4.69. The van der Waals surface area contributed by atoms with Gasteiger partial charge in [-0.2, -0.15) is 0 Å². The van der Waals surface area contributed by atoms with Crippen LogP contribution in [-0.2, 0) is 10.0 Å². The number of halogens is 1. The number of rotatable bonds is 6. The van der Waals surface area contributed by atoms with Crippen LogP contribution in [0.1, 0.15) is 0 Å². The third-order valence-electron chi connectivity index (χ3n) is 2.57. The lowest BCUT2D eigenvalue weighted by atomic mass is 10.3. The molecule has 0 radical (unpaired) electrons. The summed E-state index contributed by atoms with van der Waals surface area (Å²) in [6, 6.07) is 13.6. The van der Waals surface area contributed by atoms with Crippen molar-refractivity contribution in [2.75, 3.05) is 12.4 Å². The van der Waals surface area contributed by atoms with Crippen molar-refractivity contribution < 1.29 is 13.2 Å². The fourth-order valence-corrected chi connectivity index (χ4v) is 3.16. The van der Waals surface area contributed by atoms with E-state index in [0.717, 1.165) is 10.6 Å². The van der Waals surface area contributed by atoms with Crippen molar-refractivity contribution in [3.63, 3.8) is 0 Å². The molecule has 2 rings (SSSR count). The normalized spacial score (nSPS) is 11.3. The first-order valence-corrected chi connectivity index (χ1v) is 9.00. The maximum absolute atomic E-state index is 11.1. The molecule has 0 aliphatic heterocycles. The Kier molecular flexibility index (Phi) is 5.52. The third kappa shape index (κ3) is 5.24. The van der Waals surface area contributed by atoms with Crippen LogP contribution >= 0.6 is 23.4 Å². The van der Waals surface area contributed by atoms with Gasteiger partial charge in [-0.05, 0) is 42.5 Å². The summed E-state index contributed by atoms with van der Waals surface area (Å²) in [5.41, 5.74) is 0. The lowest BCUT2D eigenvalue weighted by Gasteiger charge is -2.07. The average molecular weight is 344 g/mol. The van der Waals surface area contributed by atoms with E-state index in [4.69, 9.17) is 21.5 Å². The van der Waals surface area contributed by atoms with Crippen LogP contribution in [0.3, 0.4) is 0 Å². The zero-order chi connectivity index (χ0) is 15.3. The van der Waals surface area contributed by atoms with E-state index < -0.39 is 10.0 Å². The van der Waals surface area contributed by atoms with Crippen molar-refractivity contribution in [2.45, 2.75) is 9.79 Å². The number of ether oxygens (including phenoxy) is 1. The minimum atomic E-state index is -3.66. The lowest BCUT2D eigenvalue weighted by Crippen LogP contribution is -2.11. The highest BCUT2D eigenvalue weighted by molar-refractivity contribution is 7.99. The van der Waals surface area contributed by atoms with E-state index in [9.17, 15) is 8.42 Å². The summed E-state index contributed by atoms with van der Waals surface area (Å²) >= 11 is 7.54. The second-order valence-corrected chi connectivity index (χ2v) is 7.34. The Morgan fingerprint density at radius 3 is 2.48 bits per heavy atom. The fraction of sp³-hybridized carbons (Fsp3) is 0.143. The van der Waals surface area contributed by atoms with E-state index in [1.54, 1.807) is 23.9 Å². The van der Waals surface area contributed by atoms with Crippen LogP contribution in [0.5, 0.6) is 5.75 Å². The van der Waals surface area contributed by atoms with E-state index in [1.165, 1.54) is 12.1 Å². The van der Waals surface area contributed by atoms with Crippen molar-refractivity contribution in [2.24, 2.45) is 5.14 Å². The van der Waals surface area contributed by atoms with Gasteiger partial charge in [-0.15, -0.1) is 11.8 Å². The molecule has 21 heavy (non-hydrogen) atoms. The zero-order valence-electron chi connectivity index (χ0n) is 11.0. The minimum Gasteiger partial charge on any atom is -0.493 e. The molecule has 0 atom stereocenters. The second-order valence-electron chi connectivity index (χ2n) is 4.17. The van der Waals surface area contributed by atoms with Crippen LogP contribution in [0.2, 0.25) is 5.02 Å². The molecule has 0 saturated heterocycles. The van der Waals surface area contributed by atoms with Crippen LogP contribution in [0.4, 0.5) is 0 Å². The van der Waals surface area contributed by atoms with Gasteiger partial charge in [0.15, 0.2) is 0 Å². The molecule has 0 saturated carbocycles. The minimum absolute atomic E-state index is 0.0724. The van der Waals surface area contributed by atoms with Crippen molar-refractivity contribution >= 4 is 33.4 Å². The maximum Gasteiger partial charge on any atom is 0.238 e. The first-order valence-electron chi connectivity index (χ1n) is 6.09. The van der Waals surface area contributed by atoms with Crippen molar-refractivity contribution in [3.8, 4) is 5.75 Å². The highest BCUT2D eigenvalue weighted by Gasteiger charge is 2.06. The molecular formula is C14H14ClNO3S2. The van der Waals surface area contributed by atoms with Gasteiger partial charge in [0.2, 0.25) is 10.0 Å². The zero-order valence-corrected chi connectivity index (χ0v) is 13.4. The predicted octanol–water partition coefficient (Wildman–Crippen LogP) is 3.16. The summed E-state index contributed by atoms with van der Waals surface area (Å²) in [6.45, 7) is 0.506. The predicted molar refractivity (Wildman–Crippen MR) is 85.5 cm³/mol. The van der Waals surface area contributed by atoms with Gasteiger partial charge in [-0.1, -0.05) is 17.7 Å². The summed E-state index contributed by atoms with van der Waals surface area (Å²) < 4.78 is 27.8. The van der Waals surface area contributed by atoms with E-state index in [0.29, 0.717) is 17.4 Å². The maximum atomic E-state index is 11.1. The molecule has 7 heteroatoms. The van der Waals surface area contributed by atoms with E-state index in [-0.39, 0.29) is 4.90 Å². The molecule has 0 aliphatic rings. The van der Waals surface area contributed by atoms with Crippen LogP contribution < -0.4 is 9.88 Å². The molecule has 0 heterocycles. The number of thioether (sulfide) groups is 1. The molecule has 0 spiro atoms. The Balaban J connectivity index is 1.81. The summed E-state index contributed by atoms with van der Waals surface area (Å²) in [7, 11) is -3.66. The first kappa shape index (κ1) is 16.2. The lowest BCUT2D eigenvalue weighted by molar-refractivity contribution is 0.343. The first-order chi connectivity index (χ1) is 9.95. The van der Waals surface area contributed by atoms with E-state index >= 15 is 0 Å². The molecule has 2 aromatic carbocycles. The molecule has 112 valence electrons. The Hall–Kier alpha value is -1.21. The van der Waals surface area contributed by atoms with Crippen LogP contribution in [0.25, 0.3) is 0 Å². The summed E-state index contributed by atoms with van der Waals surface area (Å²) in [4.78, 5) is 1.15. The summed E-state index contributed by atoms with van der Waals surface area (Å²) in [6.07, 6.45) is 0. The van der Waals surface area contributed by atoms with Crippen LogP contribution in [-0.4, -0.2) is 20.8 Å². The van der Waals surface area contributed by atoms with Gasteiger partial charge in [0.05, 0.1) is 11.5 Å². The molecule has 2 N–H and O–H groups in total. The molecule has 4 nitrogen and oxygen atoms in total. The number of hydrogen-bond donors (Lipinski definition) is 1. The van der Waals surface area contributed by atoms with Gasteiger partial charge in [0, 0.05) is 15.7 Å². The summed E-state index contributed by atoms with van der Waals surface area (Å²) in [5, 5.41) is 5.73. The largest absolute Gasteiger partial charge is 0.493 e. The number of primary sulfonamides is 1. The van der Waals surface area contributed by atoms with Gasteiger partial charge >= 0.3 is 0 Å². The Labute approximate surface area is 133 Å². The van der Waals surface area contributed by atoms with Crippen molar-refractivity contribution in [1.82, 2.24) is 0 Å². The van der Waals surface area contributed by atoms with Crippen molar-refractivity contribution in [3.05, 3.63) is 53.6 Å². The molecule has 0 unspecified atom stereocenters. The quantitative estimate of drug-likeness (QED) is 0.646. The second kappa shape index (κ2) is 7.17. The highest BCUT2D eigenvalue weighted by Crippen LogP contribution is 2.22. The fourth-order valence-electron chi connectivity index (χ4n) is 1.60. The highest BCUT2D eigenvalue weighted by atomic mass is 35.5. The molecule has 0 fully saturated rings. The number of nitrogens with two attached hydrogens (primary N) is 1.